The number of aliphatic hydroxyl groups is 1. The molecule has 0 spiro atoms. The van der Waals surface area contributed by atoms with Crippen LogP contribution in [0.25, 0.3) is 0 Å². The third-order valence-electron chi connectivity index (χ3n) is 2.63. The zero-order valence-electron chi connectivity index (χ0n) is 8.09. The lowest BCUT2D eigenvalue weighted by atomic mass is 10.0. The zero-order chi connectivity index (χ0) is 9.80. The molecule has 1 aliphatic heterocycles. The second-order valence-electron chi connectivity index (χ2n) is 3.61. The van der Waals surface area contributed by atoms with Crippen molar-refractivity contribution in [1.29, 1.82) is 0 Å². The molecule has 0 atom stereocenters. The summed E-state index contributed by atoms with van der Waals surface area (Å²) in [7, 11) is 0. The predicted molar refractivity (Wildman–Crippen MR) is 56.0 cm³/mol. The summed E-state index contributed by atoms with van der Waals surface area (Å²) in [6.07, 6.45) is 4.26. The molecule has 0 aromatic carbocycles. The van der Waals surface area contributed by atoms with E-state index in [1.54, 1.807) is 6.33 Å². The van der Waals surface area contributed by atoms with Gasteiger partial charge in [0, 0.05) is 6.54 Å². The van der Waals surface area contributed by atoms with Crippen molar-refractivity contribution in [2.75, 3.05) is 11.5 Å². The molecule has 1 aliphatic rings. The molecule has 1 aromatic rings. The molecule has 1 fully saturated rings. The lowest BCUT2D eigenvalue weighted by molar-refractivity contribution is 0.260. The van der Waals surface area contributed by atoms with Crippen LogP contribution >= 0.6 is 11.8 Å². The maximum absolute atomic E-state index is 9.01. The van der Waals surface area contributed by atoms with Gasteiger partial charge in [-0.15, -0.1) is 10.2 Å². The van der Waals surface area contributed by atoms with Gasteiger partial charge in [0.05, 0.1) is 0 Å². The Balaban J connectivity index is 1.95. The van der Waals surface area contributed by atoms with Crippen molar-refractivity contribution in [3.8, 4) is 0 Å². The predicted octanol–water partition coefficient (Wildman–Crippen LogP) is 0.914. The fraction of sp³-hybridized carbons (Fsp3) is 0.778. The summed E-state index contributed by atoms with van der Waals surface area (Å²) in [4.78, 5) is 0. The maximum atomic E-state index is 9.01. The fourth-order valence-corrected chi connectivity index (χ4v) is 2.97. The van der Waals surface area contributed by atoms with Crippen molar-refractivity contribution < 1.29 is 5.11 Å². The quantitative estimate of drug-likeness (QED) is 0.811. The van der Waals surface area contributed by atoms with E-state index in [0.717, 1.165) is 12.5 Å². The molecular weight excluding hydrogens is 198 g/mol. The van der Waals surface area contributed by atoms with E-state index in [9.17, 15) is 0 Å². The Morgan fingerprint density at radius 3 is 3.00 bits per heavy atom. The molecule has 0 amide bonds. The summed E-state index contributed by atoms with van der Waals surface area (Å²) in [6, 6.07) is 0. The van der Waals surface area contributed by atoms with Crippen molar-refractivity contribution >= 4 is 11.8 Å². The summed E-state index contributed by atoms with van der Waals surface area (Å²) in [6.45, 7) is 0.949. The summed E-state index contributed by atoms with van der Waals surface area (Å²) in [5, 5.41) is 16.7. The first-order chi connectivity index (χ1) is 6.90. The third-order valence-corrected chi connectivity index (χ3v) is 3.68. The average molecular weight is 213 g/mol. The van der Waals surface area contributed by atoms with E-state index in [4.69, 9.17) is 5.11 Å². The lowest BCUT2D eigenvalue weighted by Gasteiger charge is -2.21. The van der Waals surface area contributed by atoms with Gasteiger partial charge in [-0.2, -0.15) is 11.8 Å². The Bertz CT molecular complexity index is 283. The second kappa shape index (κ2) is 4.79. The number of nitrogens with zero attached hydrogens (tertiary/aromatic N) is 3. The standard InChI is InChI=1S/C9H15N3OS/c13-6-9-11-10-7-12(9)5-8-1-3-14-4-2-8/h7-8,13H,1-6H2. The highest BCUT2D eigenvalue weighted by atomic mass is 32.2. The van der Waals surface area contributed by atoms with Crippen LogP contribution in [0.4, 0.5) is 0 Å². The largest absolute Gasteiger partial charge is 0.388 e. The van der Waals surface area contributed by atoms with E-state index in [1.807, 2.05) is 16.3 Å². The van der Waals surface area contributed by atoms with Gasteiger partial charge >= 0.3 is 0 Å². The van der Waals surface area contributed by atoms with Gasteiger partial charge in [-0.1, -0.05) is 0 Å². The van der Waals surface area contributed by atoms with Crippen molar-refractivity contribution in [3.63, 3.8) is 0 Å². The molecule has 1 N–H and O–H groups in total. The molecule has 1 aromatic heterocycles. The van der Waals surface area contributed by atoms with Gasteiger partial charge in [0.2, 0.25) is 0 Å². The van der Waals surface area contributed by atoms with Crippen LogP contribution in [0.15, 0.2) is 6.33 Å². The van der Waals surface area contributed by atoms with Crippen LogP contribution in [-0.4, -0.2) is 31.4 Å². The van der Waals surface area contributed by atoms with Crippen LogP contribution in [0.3, 0.4) is 0 Å². The van der Waals surface area contributed by atoms with E-state index < -0.39 is 0 Å². The molecule has 0 saturated carbocycles. The number of hydrogen-bond donors (Lipinski definition) is 1. The molecule has 4 nitrogen and oxygen atoms in total. The Labute approximate surface area is 87.7 Å². The van der Waals surface area contributed by atoms with E-state index >= 15 is 0 Å². The summed E-state index contributed by atoms with van der Waals surface area (Å²) >= 11 is 2.03. The number of aromatic nitrogens is 3. The average Bonchev–Trinajstić information content (AvgIpc) is 2.67. The molecule has 2 heterocycles. The van der Waals surface area contributed by atoms with Crippen LogP contribution in [0.1, 0.15) is 18.7 Å². The van der Waals surface area contributed by atoms with E-state index in [2.05, 4.69) is 10.2 Å². The minimum atomic E-state index is -0.0124. The number of aliphatic hydroxyl groups excluding tert-OH is 1. The summed E-state index contributed by atoms with van der Waals surface area (Å²) in [5.74, 6) is 3.95. The van der Waals surface area contributed by atoms with Gasteiger partial charge < -0.3 is 9.67 Å². The first-order valence-corrected chi connectivity index (χ1v) is 6.11. The monoisotopic (exact) mass is 213 g/mol. The van der Waals surface area contributed by atoms with Crippen LogP contribution in [0.5, 0.6) is 0 Å². The van der Waals surface area contributed by atoms with Crippen molar-refractivity contribution in [2.45, 2.75) is 26.0 Å². The molecule has 0 radical (unpaired) electrons. The third kappa shape index (κ3) is 2.27. The van der Waals surface area contributed by atoms with Crippen LogP contribution < -0.4 is 0 Å². The maximum Gasteiger partial charge on any atom is 0.158 e. The minimum Gasteiger partial charge on any atom is -0.388 e. The normalized spacial score (nSPS) is 18.6. The van der Waals surface area contributed by atoms with Gasteiger partial charge in [0.15, 0.2) is 5.82 Å². The van der Waals surface area contributed by atoms with Crippen molar-refractivity contribution in [3.05, 3.63) is 12.2 Å². The highest BCUT2D eigenvalue weighted by molar-refractivity contribution is 7.99. The molecule has 5 heteroatoms. The molecule has 14 heavy (non-hydrogen) atoms. The molecule has 0 aliphatic carbocycles. The van der Waals surface area contributed by atoms with Gasteiger partial charge in [-0.05, 0) is 30.3 Å². The number of rotatable bonds is 3. The lowest BCUT2D eigenvalue weighted by Crippen LogP contribution is -2.17. The van der Waals surface area contributed by atoms with Crippen LogP contribution in [0.2, 0.25) is 0 Å². The molecular formula is C9H15N3OS. The van der Waals surface area contributed by atoms with Crippen molar-refractivity contribution in [2.24, 2.45) is 5.92 Å². The van der Waals surface area contributed by atoms with Crippen molar-refractivity contribution in [1.82, 2.24) is 14.8 Å². The minimum absolute atomic E-state index is 0.0124. The van der Waals surface area contributed by atoms with Crippen LogP contribution in [0, 0.1) is 5.92 Å². The topological polar surface area (TPSA) is 50.9 Å². The van der Waals surface area contributed by atoms with Gasteiger partial charge in [-0.3, -0.25) is 0 Å². The van der Waals surface area contributed by atoms with E-state index in [1.165, 1.54) is 24.3 Å². The van der Waals surface area contributed by atoms with Crippen LogP contribution in [-0.2, 0) is 13.2 Å². The Morgan fingerprint density at radius 1 is 1.50 bits per heavy atom. The van der Waals surface area contributed by atoms with E-state index in [-0.39, 0.29) is 6.61 Å². The van der Waals surface area contributed by atoms with Gasteiger partial charge in [-0.25, -0.2) is 0 Å². The highest BCUT2D eigenvalue weighted by Gasteiger charge is 2.15. The smallest absolute Gasteiger partial charge is 0.158 e. The van der Waals surface area contributed by atoms with Gasteiger partial charge in [0.25, 0.3) is 0 Å². The van der Waals surface area contributed by atoms with E-state index in [0.29, 0.717) is 5.82 Å². The summed E-state index contributed by atoms with van der Waals surface area (Å²) in [5.41, 5.74) is 0. The fourth-order valence-electron chi connectivity index (χ4n) is 1.76. The zero-order valence-corrected chi connectivity index (χ0v) is 8.91. The highest BCUT2D eigenvalue weighted by Crippen LogP contribution is 2.24. The first kappa shape index (κ1) is 9.98. The van der Waals surface area contributed by atoms with Gasteiger partial charge in [0.1, 0.15) is 12.9 Å². The molecule has 2 rings (SSSR count). The second-order valence-corrected chi connectivity index (χ2v) is 4.84. The first-order valence-electron chi connectivity index (χ1n) is 4.95. The molecule has 78 valence electrons. The number of thioether (sulfide) groups is 1. The molecule has 0 unspecified atom stereocenters. The SMILES string of the molecule is OCc1nncn1CC1CCSCC1. The Hall–Kier alpha value is -0.550. The molecule has 0 bridgehead atoms. The summed E-state index contributed by atoms with van der Waals surface area (Å²) < 4.78 is 1.97. The number of hydrogen-bond acceptors (Lipinski definition) is 4. The Kier molecular flexibility index (Phi) is 3.42. The Morgan fingerprint density at radius 2 is 2.29 bits per heavy atom. The molecule has 1 saturated heterocycles.